The minimum atomic E-state index is -0.0697. The molecule has 1 aromatic rings. The summed E-state index contributed by atoms with van der Waals surface area (Å²) in [6.07, 6.45) is 0. The van der Waals surface area contributed by atoms with Crippen molar-refractivity contribution < 1.29 is 9.90 Å². The largest absolute Gasteiger partial charge is 0.508 e. The average molecular weight is 286 g/mol. The highest BCUT2D eigenvalue weighted by atomic mass is 79.9. The maximum absolute atomic E-state index is 12.0. The fraction of sp³-hybridized carbons (Fsp3) is 0.417. The number of phenols is 1. The van der Waals surface area contributed by atoms with E-state index in [1.54, 1.807) is 37.1 Å². The second-order valence-corrected chi connectivity index (χ2v) is 5.48. The molecule has 0 aliphatic heterocycles. The number of aromatic hydroxyl groups is 1. The second-order valence-electron chi connectivity index (χ2n) is 3.92. The lowest BCUT2D eigenvalue weighted by atomic mass is 10.1. The summed E-state index contributed by atoms with van der Waals surface area (Å²) < 4.78 is 0. The van der Waals surface area contributed by atoms with Gasteiger partial charge in [0, 0.05) is 29.5 Å². The zero-order valence-corrected chi connectivity index (χ0v) is 11.3. The van der Waals surface area contributed by atoms with Crippen LogP contribution in [0.2, 0.25) is 0 Å². The molecule has 0 aliphatic rings. The molecule has 1 unspecified atom stereocenters. The first-order valence-corrected chi connectivity index (χ1v) is 6.03. The summed E-state index contributed by atoms with van der Waals surface area (Å²) in [7, 11) is 1.75. The first-order valence-electron chi connectivity index (χ1n) is 5.11. The topological polar surface area (TPSA) is 40.5 Å². The molecule has 0 fully saturated rings. The van der Waals surface area contributed by atoms with Crippen molar-refractivity contribution in [1.82, 2.24) is 4.90 Å². The van der Waals surface area contributed by atoms with E-state index in [1.165, 1.54) is 0 Å². The van der Waals surface area contributed by atoms with Crippen LogP contribution in [0.3, 0.4) is 0 Å². The number of benzene rings is 1. The van der Waals surface area contributed by atoms with Crippen LogP contribution in [0.15, 0.2) is 18.2 Å². The Morgan fingerprint density at radius 1 is 1.56 bits per heavy atom. The van der Waals surface area contributed by atoms with Gasteiger partial charge >= 0.3 is 0 Å². The van der Waals surface area contributed by atoms with Crippen molar-refractivity contribution in [2.24, 2.45) is 0 Å². The summed E-state index contributed by atoms with van der Waals surface area (Å²) in [5.41, 5.74) is 1.18. The fourth-order valence-corrected chi connectivity index (χ4v) is 1.96. The lowest BCUT2D eigenvalue weighted by Gasteiger charge is -2.19. The molecule has 1 atom stereocenters. The van der Waals surface area contributed by atoms with Gasteiger partial charge in [-0.25, -0.2) is 0 Å². The predicted molar refractivity (Wildman–Crippen MR) is 68.2 cm³/mol. The van der Waals surface area contributed by atoms with Crippen molar-refractivity contribution >= 4 is 21.8 Å². The van der Waals surface area contributed by atoms with E-state index in [1.807, 2.05) is 6.92 Å². The van der Waals surface area contributed by atoms with Crippen molar-refractivity contribution in [3.8, 4) is 5.75 Å². The van der Waals surface area contributed by atoms with Gasteiger partial charge in [0.2, 0.25) is 0 Å². The molecule has 1 rings (SSSR count). The van der Waals surface area contributed by atoms with Gasteiger partial charge in [0.15, 0.2) is 0 Å². The lowest BCUT2D eigenvalue weighted by molar-refractivity contribution is 0.0796. The summed E-state index contributed by atoms with van der Waals surface area (Å²) in [4.78, 5) is 13.9. The summed E-state index contributed by atoms with van der Waals surface area (Å²) in [6, 6.07) is 4.99. The molecule has 1 N–H and O–H groups in total. The Bertz CT molecular complexity index is 391. The number of phenolic OH excluding ortho intramolecular Hbond substituents is 1. The van der Waals surface area contributed by atoms with E-state index in [2.05, 4.69) is 15.9 Å². The van der Waals surface area contributed by atoms with Crippen LogP contribution < -0.4 is 0 Å². The standard InChI is InChI=1S/C12H16BrNO2/c1-8(13)7-14(3)12(16)10-5-4-6-11(15)9(10)2/h4-6,8,15H,7H2,1-3H3. The molecule has 0 heterocycles. The van der Waals surface area contributed by atoms with Crippen LogP contribution >= 0.6 is 15.9 Å². The third-order valence-electron chi connectivity index (χ3n) is 2.41. The summed E-state index contributed by atoms with van der Waals surface area (Å²) >= 11 is 3.41. The molecule has 16 heavy (non-hydrogen) atoms. The van der Waals surface area contributed by atoms with Gasteiger partial charge in [0.25, 0.3) is 5.91 Å². The van der Waals surface area contributed by atoms with Crippen LogP contribution in [0.25, 0.3) is 0 Å². The third-order valence-corrected chi connectivity index (χ3v) is 2.70. The second kappa shape index (κ2) is 5.34. The molecule has 1 amide bonds. The van der Waals surface area contributed by atoms with Gasteiger partial charge in [0.1, 0.15) is 5.75 Å². The Labute approximate surface area is 104 Å². The Balaban J connectivity index is 2.92. The number of halogens is 1. The molecule has 0 radical (unpaired) electrons. The molecule has 4 heteroatoms. The van der Waals surface area contributed by atoms with Crippen molar-refractivity contribution in [3.63, 3.8) is 0 Å². The van der Waals surface area contributed by atoms with E-state index in [0.717, 1.165) is 0 Å². The van der Waals surface area contributed by atoms with Crippen LogP contribution in [0, 0.1) is 6.92 Å². The number of carbonyl (C=O) groups excluding carboxylic acids is 1. The van der Waals surface area contributed by atoms with Crippen LogP contribution in [0.1, 0.15) is 22.8 Å². The Kier molecular flexibility index (Phi) is 4.35. The smallest absolute Gasteiger partial charge is 0.254 e. The molecule has 0 bridgehead atoms. The highest BCUT2D eigenvalue weighted by molar-refractivity contribution is 9.09. The number of hydrogen-bond acceptors (Lipinski definition) is 2. The van der Waals surface area contributed by atoms with Crippen molar-refractivity contribution in [2.75, 3.05) is 13.6 Å². The van der Waals surface area contributed by atoms with Gasteiger partial charge < -0.3 is 10.0 Å². The van der Waals surface area contributed by atoms with E-state index in [4.69, 9.17) is 0 Å². The highest BCUT2D eigenvalue weighted by Gasteiger charge is 2.16. The molecule has 0 aliphatic carbocycles. The van der Waals surface area contributed by atoms with Crippen molar-refractivity contribution in [2.45, 2.75) is 18.7 Å². The number of carbonyl (C=O) groups is 1. The summed E-state index contributed by atoms with van der Waals surface area (Å²) in [5.74, 6) is 0.0887. The van der Waals surface area contributed by atoms with Crippen molar-refractivity contribution in [3.05, 3.63) is 29.3 Å². The van der Waals surface area contributed by atoms with Crippen LogP contribution in [-0.2, 0) is 0 Å². The van der Waals surface area contributed by atoms with E-state index in [9.17, 15) is 9.90 Å². The van der Waals surface area contributed by atoms with Gasteiger partial charge in [-0.1, -0.05) is 28.9 Å². The first kappa shape index (κ1) is 13.0. The van der Waals surface area contributed by atoms with Crippen LogP contribution in [0.4, 0.5) is 0 Å². The fourth-order valence-electron chi connectivity index (χ4n) is 1.52. The molecule has 0 aromatic heterocycles. The zero-order chi connectivity index (χ0) is 12.3. The summed E-state index contributed by atoms with van der Waals surface area (Å²) in [5, 5.41) is 9.53. The average Bonchev–Trinajstić information content (AvgIpc) is 2.20. The number of hydrogen-bond donors (Lipinski definition) is 1. The highest BCUT2D eigenvalue weighted by Crippen LogP contribution is 2.20. The van der Waals surface area contributed by atoms with Gasteiger partial charge in [-0.3, -0.25) is 4.79 Å². The lowest BCUT2D eigenvalue weighted by Crippen LogP contribution is -2.31. The molecular weight excluding hydrogens is 270 g/mol. The SMILES string of the molecule is Cc1c(O)cccc1C(=O)N(C)CC(C)Br. The molecule has 0 saturated carbocycles. The van der Waals surface area contributed by atoms with Crippen LogP contribution in [-0.4, -0.2) is 34.3 Å². The molecular formula is C12H16BrNO2. The minimum Gasteiger partial charge on any atom is -0.508 e. The first-order chi connectivity index (χ1) is 7.43. The van der Waals surface area contributed by atoms with Gasteiger partial charge in [-0.2, -0.15) is 0 Å². The number of nitrogens with zero attached hydrogens (tertiary/aromatic N) is 1. The van der Waals surface area contributed by atoms with Gasteiger partial charge in [-0.05, 0) is 19.1 Å². The third kappa shape index (κ3) is 2.98. The molecule has 88 valence electrons. The number of rotatable bonds is 3. The van der Waals surface area contributed by atoms with E-state index < -0.39 is 0 Å². The normalized spacial score (nSPS) is 12.2. The van der Waals surface area contributed by atoms with Gasteiger partial charge in [-0.15, -0.1) is 0 Å². The monoisotopic (exact) mass is 285 g/mol. The van der Waals surface area contributed by atoms with E-state index >= 15 is 0 Å². The molecule has 0 spiro atoms. The van der Waals surface area contributed by atoms with Crippen molar-refractivity contribution in [1.29, 1.82) is 0 Å². The molecule has 0 saturated heterocycles. The zero-order valence-electron chi connectivity index (χ0n) is 9.70. The van der Waals surface area contributed by atoms with Gasteiger partial charge in [0.05, 0.1) is 0 Å². The molecule has 3 nitrogen and oxygen atoms in total. The maximum Gasteiger partial charge on any atom is 0.254 e. The van der Waals surface area contributed by atoms with Crippen LogP contribution in [0.5, 0.6) is 5.75 Å². The van der Waals surface area contributed by atoms with E-state index in [0.29, 0.717) is 17.7 Å². The minimum absolute atomic E-state index is 0.0697. The Morgan fingerprint density at radius 2 is 2.19 bits per heavy atom. The predicted octanol–water partition coefficient (Wildman–Crippen LogP) is 2.56. The Morgan fingerprint density at radius 3 is 2.75 bits per heavy atom. The number of amides is 1. The maximum atomic E-state index is 12.0. The Hall–Kier alpha value is -1.03. The number of alkyl halides is 1. The summed E-state index contributed by atoms with van der Waals surface area (Å²) in [6.45, 7) is 4.36. The quantitative estimate of drug-likeness (QED) is 0.867. The van der Waals surface area contributed by atoms with E-state index in [-0.39, 0.29) is 16.5 Å². The molecule has 1 aromatic carbocycles.